The van der Waals surface area contributed by atoms with E-state index in [0.29, 0.717) is 6.61 Å². The Hall–Kier alpha value is -2.40. The number of nitrogens with one attached hydrogen (secondary N) is 1. The normalized spacial score (nSPS) is 16.4. The first-order chi connectivity index (χ1) is 14.3. The van der Waals surface area contributed by atoms with Gasteiger partial charge in [-0.05, 0) is 37.1 Å². The molecule has 1 saturated heterocycles. The molecule has 11 heteroatoms. The summed E-state index contributed by atoms with van der Waals surface area (Å²) >= 11 is 6.04. The first kappa shape index (κ1) is 22.3. The van der Waals surface area contributed by atoms with E-state index in [9.17, 15) is 18.0 Å². The van der Waals surface area contributed by atoms with E-state index in [1.54, 1.807) is 0 Å². The zero-order chi connectivity index (χ0) is 21.7. The Morgan fingerprint density at radius 1 is 1.27 bits per heavy atom. The third kappa shape index (κ3) is 5.20. The quantitative estimate of drug-likeness (QED) is 0.600. The Morgan fingerprint density at radius 3 is 2.77 bits per heavy atom. The summed E-state index contributed by atoms with van der Waals surface area (Å²) in [5.74, 6) is -1.34. The molecular weight excluding hydrogens is 438 g/mol. The lowest BCUT2D eigenvalue weighted by atomic mass is 10.2. The van der Waals surface area contributed by atoms with Gasteiger partial charge in [0, 0.05) is 13.2 Å². The van der Waals surface area contributed by atoms with Gasteiger partial charge in [-0.3, -0.25) is 0 Å². The van der Waals surface area contributed by atoms with Gasteiger partial charge in [-0.1, -0.05) is 11.6 Å². The fraction of sp³-hybridized carbons (Fsp3) is 0.368. The Morgan fingerprint density at radius 2 is 2.07 bits per heavy atom. The molecule has 1 aromatic carbocycles. The van der Waals surface area contributed by atoms with Crippen LogP contribution in [-0.2, 0) is 30.8 Å². The second-order valence-corrected chi connectivity index (χ2v) is 8.60. The smallest absolute Gasteiger partial charge is 0.341 e. The van der Waals surface area contributed by atoms with Crippen molar-refractivity contribution in [3.63, 3.8) is 0 Å². The molecule has 2 aromatic rings. The Labute approximate surface area is 178 Å². The number of hydrogen-bond acceptors (Lipinski definition) is 8. The van der Waals surface area contributed by atoms with Crippen molar-refractivity contribution >= 4 is 33.6 Å². The van der Waals surface area contributed by atoms with Crippen LogP contribution >= 0.6 is 11.6 Å². The summed E-state index contributed by atoms with van der Waals surface area (Å²) in [6.07, 6.45) is 2.72. The highest BCUT2D eigenvalue weighted by Gasteiger charge is 2.24. The molecule has 1 atom stereocenters. The summed E-state index contributed by atoms with van der Waals surface area (Å²) in [4.78, 5) is 23.8. The molecule has 1 aliphatic heterocycles. The Kier molecular flexibility index (Phi) is 7.14. The highest BCUT2D eigenvalue weighted by molar-refractivity contribution is 7.89. The molecule has 0 amide bonds. The average molecular weight is 458 g/mol. The van der Waals surface area contributed by atoms with E-state index >= 15 is 0 Å². The molecule has 1 fully saturated rings. The fourth-order valence-corrected chi connectivity index (χ4v) is 4.47. The van der Waals surface area contributed by atoms with Crippen LogP contribution in [0.2, 0.25) is 5.02 Å². The van der Waals surface area contributed by atoms with Crippen molar-refractivity contribution in [3.8, 4) is 0 Å². The minimum absolute atomic E-state index is 0.0249. The largest absolute Gasteiger partial charge is 0.465 e. The lowest BCUT2D eigenvalue weighted by Crippen LogP contribution is -2.32. The van der Waals surface area contributed by atoms with Crippen LogP contribution in [0.15, 0.2) is 39.8 Å². The number of carbonyl (C=O) groups excluding carboxylic acids is 2. The zero-order valence-corrected chi connectivity index (χ0v) is 17.6. The third-order valence-corrected chi connectivity index (χ3v) is 6.37. The van der Waals surface area contributed by atoms with Gasteiger partial charge in [0.1, 0.15) is 10.5 Å². The molecule has 0 saturated carbocycles. The maximum Gasteiger partial charge on any atom is 0.341 e. The van der Waals surface area contributed by atoms with Crippen molar-refractivity contribution in [2.45, 2.75) is 30.4 Å². The number of hydrogen-bond donors (Lipinski definition) is 1. The van der Waals surface area contributed by atoms with E-state index in [-0.39, 0.29) is 46.1 Å². The maximum absolute atomic E-state index is 12.6. The molecule has 2 heterocycles. The van der Waals surface area contributed by atoms with Gasteiger partial charge in [0.15, 0.2) is 12.4 Å². The number of methoxy groups -OCH3 is 1. The molecule has 1 N–H and O–H groups in total. The Bertz CT molecular complexity index is 1030. The fourth-order valence-electron chi connectivity index (χ4n) is 2.88. The SMILES string of the molecule is COC(=O)c1ccoc1COC(=O)c1ccc(Cl)c(S(=O)(=O)NCC2CCCO2)c1. The molecule has 1 aliphatic rings. The van der Waals surface area contributed by atoms with E-state index < -0.39 is 22.0 Å². The molecule has 1 unspecified atom stereocenters. The van der Waals surface area contributed by atoms with E-state index in [1.165, 1.54) is 31.6 Å². The summed E-state index contributed by atoms with van der Waals surface area (Å²) in [6, 6.07) is 5.16. The maximum atomic E-state index is 12.6. The summed E-state index contributed by atoms with van der Waals surface area (Å²) in [7, 11) is -2.75. The molecule has 9 nitrogen and oxygen atoms in total. The third-order valence-electron chi connectivity index (χ3n) is 4.47. The first-order valence-corrected chi connectivity index (χ1v) is 10.9. The van der Waals surface area contributed by atoms with E-state index in [2.05, 4.69) is 9.46 Å². The van der Waals surface area contributed by atoms with Crippen molar-refractivity contribution in [2.24, 2.45) is 0 Å². The van der Waals surface area contributed by atoms with E-state index in [4.69, 9.17) is 25.5 Å². The molecule has 0 aliphatic carbocycles. The number of rotatable bonds is 8. The van der Waals surface area contributed by atoms with Crippen molar-refractivity contribution in [3.05, 3.63) is 52.4 Å². The first-order valence-electron chi connectivity index (χ1n) is 9.04. The number of benzene rings is 1. The number of ether oxygens (including phenoxy) is 3. The topological polar surface area (TPSA) is 121 Å². The van der Waals surface area contributed by atoms with Crippen LogP contribution in [-0.4, -0.2) is 46.7 Å². The predicted octanol–water partition coefficient (Wildman–Crippen LogP) is 2.53. The molecular formula is C19H20ClNO8S. The number of esters is 2. The molecule has 0 spiro atoms. The molecule has 30 heavy (non-hydrogen) atoms. The van der Waals surface area contributed by atoms with Crippen LogP contribution in [0.1, 0.15) is 39.3 Å². The van der Waals surface area contributed by atoms with Crippen LogP contribution in [0.3, 0.4) is 0 Å². The highest BCUT2D eigenvalue weighted by atomic mass is 35.5. The minimum atomic E-state index is -3.96. The lowest BCUT2D eigenvalue weighted by molar-refractivity contribution is 0.0432. The second-order valence-electron chi connectivity index (χ2n) is 6.46. The monoisotopic (exact) mass is 457 g/mol. The summed E-state index contributed by atoms with van der Waals surface area (Å²) in [6.45, 7) is 0.377. The van der Waals surface area contributed by atoms with Crippen molar-refractivity contribution < 1.29 is 36.6 Å². The number of sulfonamides is 1. The predicted molar refractivity (Wildman–Crippen MR) is 105 cm³/mol. The average Bonchev–Trinajstić information content (AvgIpc) is 3.42. The van der Waals surface area contributed by atoms with Crippen molar-refractivity contribution in [2.75, 3.05) is 20.3 Å². The summed E-state index contributed by atoms with van der Waals surface area (Å²) < 4.78 is 48.0. The van der Waals surface area contributed by atoms with Gasteiger partial charge < -0.3 is 18.6 Å². The van der Waals surface area contributed by atoms with Crippen molar-refractivity contribution in [1.29, 1.82) is 0 Å². The molecule has 0 bridgehead atoms. The number of carbonyl (C=O) groups is 2. The lowest BCUT2D eigenvalue weighted by Gasteiger charge is -2.13. The Balaban J connectivity index is 1.70. The van der Waals surface area contributed by atoms with Gasteiger partial charge in [-0.2, -0.15) is 0 Å². The van der Waals surface area contributed by atoms with Crippen LogP contribution in [0.25, 0.3) is 0 Å². The van der Waals surface area contributed by atoms with Crippen molar-refractivity contribution in [1.82, 2.24) is 4.72 Å². The van der Waals surface area contributed by atoms with Crippen LogP contribution in [0.4, 0.5) is 0 Å². The molecule has 3 rings (SSSR count). The van der Waals surface area contributed by atoms with Crippen LogP contribution in [0, 0.1) is 0 Å². The molecule has 162 valence electrons. The van der Waals surface area contributed by atoms with E-state index in [0.717, 1.165) is 18.9 Å². The molecule has 1 aromatic heterocycles. The second kappa shape index (κ2) is 9.61. The zero-order valence-electron chi connectivity index (χ0n) is 16.1. The van der Waals surface area contributed by atoms with Gasteiger partial charge in [-0.25, -0.2) is 22.7 Å². The number of halogens is 1. The van der Waals surface area contributed by atoms with Crippen LogP contribution in [0.5, 0.6) is 0 Å². The van der Waals surface area contributed by atoms with Gasteiger partial charge >= 0.3 is 11.9 Å². The minimum Gasteiger partial charge on any atom is -0.465 e. The van der Waals surface area contributed by atoms with Gasteiger partial charge in [0.05, 0.1) is 30.1 Å². The summed E-state index contributed by atoms with van der Waals surface area (Å²) in [5, 5.41) is -0.0367. The van der Waals surface area contributed by atoms with Crippen LogP contribution < -0.4 is 4.72 Å². The standard InChI is InChI=1S/C19H20ClNO8S/c1-26-19(23)14-6-8-28-16(14)11-29-18(22)12-4-5-15(20)17(9-12)30(24,25)21-10-13-3-2-7-27-13/h4-6,8-9,13,21H,2-3,7,10-11H2,1H3. The van der Waals surface area contributed by atoms with Gasteiger partial charge in [-0.15, -0.1) is 0 Å². The highest BCUT2D eigenvalue weighted by Crippen LogP contribution is 2.24. The van der Waals surface area contributed by atoms with E-state index in [1.807, 2.05) is 0 Å². The van der Waals surface area contributed by atoms with Gasteiger partial charge in [0.25, 0.3) is 0 Å². The summed E-state index contributed by atoms with van der Waals surface area (Å²) in [5.41, 5.74) is 0.103. The number of furan rings is 1. The van der Waals surface area contributed by atoms with Gasteiger partial charge in [0.2, 0.25) is 10.0 Å². The molecule has 0 radical (unpaired) electrons.